The van der Waals surface area contributed by atoms with Crippen LogP contribution in [0.1, 0.15) is 41.4 Å². The average Bonchev–Trinajstić information content (AvgIpc) is 2.99. The van der Waals surface area contributed by atoms with Gasteiger partial charge in [0.15, 0.2) is 0 Å². The number of benzene rings is 1. The maximum atomic E-state index is 6.71. The Labute approximate surface area is 159 Å². The summed E-state index contributed by atoms with van der Waals surface area (Å²) in [5, 5.41) is 1.19. The Kier molecular flexibility index (Phi) is 4.72. The SMILES string of the molecule is CCCc1ccc(C#Cn2c3c(c4ccccc42)C(Cl)N(C)CC3)cn1. The monoisotopic (exact) mass is 363 g/mol. The number of para-hydroxylation sites is 1. The van der Waals surface area contributed by atoms with Gasteiger partial charge in [-0.3, -0.25) is 14.5 Å². The van der Waals surface area contributed by atoms with Crippen molar-refractivity contribution in [3.8, 4) is 12.0 Å². The number of hydrogen-bond donors (Lipinski definition) is 0. The normalized spacial score (nSPS) is 17.0. The molecule has 1 unspecified atom stereocenters. The van der Waals surface area contributed by atoms with Crippen molar-refractivity contribution in [2.24, 2.45) is 0 Å². The first-order chi connectivity index (χ1) is 12.7. The summed E-state index contributed by atoms with van der Waals surface area (Å²) in [5.74, 6) is 3.28. The lowest BCUT2D eigenvalue weighted by Gasteiger charge is -2.28. The van der Waals surface area contributed by atoms with Crippen LogP contribution in [0.4, 0.5) is 0 Å². The molecule has 2 aromatic heterocycles. The van der Waals surface area contributed by atoms with E-state index in [0.29, 0.717) is 0 Å². The minimum Gasteiger partial charge on any atom is -0.286 e. The van der Waals surface area contributed by atoms with Gasteiger partial charge in [0.25, 0.3) is 0 Å². The number of likely N-dealkylation sites (N-methyl/N-ethyl adjacent to an activating group) is 1. The molecule has 1 atom stereocenters. The van der Waals surface area contributed by atoms with Gasteiger partial charge in [-0.25, -0.2) is 0 Å². The molecule has 3 aromatic rings. The van der Waals surface area contributed by atoms with E-state index in [2.05, 4.69) is 76.8 Å². The molecule has 0 spiro atoms. The fourth-order valence-corrected chi connectivity index (χ4v) is 3.94. The van der Waals surface area contributed by atoms with Crippen LogP contribution in [0.5, 0.6) is 0 Å². The van der Waals surface area contributed by atoms with Gasteiger partial charge in [-0.2, -0.15) is 0 Å². The van der Waals surface area contributed by atoms with Gasteiger partial charge in [0.1, 0.15) is 5.50 Å². The number of alkyl halides is 1. The molecular weight excluding hydrogens is 342 g/mol. The van der Waals surface area contributed by atoms with Crippen LogP contribution in [0.2, 0.25) is 0 Å². The van der Waals surface area contributed by atoms with Crippen LogP contribution in [0, 0.1) is 12.0 Å². The van der Waals surface area contributed by atoms with Crippen LogP contribution < -0.4 is 0 Å². The molecule has 1 aliphatic rings. The number of rotatable bonds is 2. The van der Waals surface area contributed by atoms with Gasteiger partial charge in [0.05, 0.1) is 5.52 Å². The Morgan fingerprint density at radius 3 is 2.85 bits per heavy atom. The predicted molar refractivity (Wildman–Crippen MR) is 107 cm³/mol. The number of hydrogen-bond acceptors (Lipinski definition) is 2. The lowest BCUT2D eigenvalue weighted by molar-refractivity contribution is 0.297. The fraction of sp³-hybridized carbons (Fsp3) is 0.318. The Morgan fingerprint density at radius 1 is 1.23 bits per heavy atom. The van der Waals surface area contributed by atoms with Gasteiger partial charge >= 0.3 is 0 Å². The summed E-state index contributed by atoms with van der Waals surface area (Å²) in [6.45, 7) is 3.10. The van der Waals surface area contributed by atoms with E-state index in [0.717, 1.165) is 42.6 Å². The van der Waals surface area contributed by atoms with Gasteiger partial charge in [-0.1, -0.05) is 31.5 Å². The Hall–Kier alpha value is -2.28. The molecule has 0 N–H and O–H groups in total. The maximum absolute atomic E-state index is 6.71. The molecule has 0 aliphatic carbocycles. The molecule has 0 radical (unpaired) electrons. The quantitative estimate of drug-likeness (QED) is 0.378. The Morgan fingerprint density at radius 2 is 2.08 bits per heavy atom. The van der Waals surface area contributed by atoms with E-state index >= 15 is 0 Å². The van der Waals surface area contributed by atoms with E-state index in [1.54, 1.807) is 0 Å². The first kappa shape index (κ1) is 17.1. The molecule has 0 amide bonds. The van der Waals surface area contributed by atoms with Crippen molar-refractivity contribution in [1.82, 2.24) is 14.5 Å². The van der Waals surface area contributed by atoms with Gasteiger partial charge in [0.2, 0.25) is 0 Å². The zero-order valence-corrected chi connectivity index (χ0v) is 15.9. The molecule has 132 valence electrons. The van der Waals surface area contributed by atoms with Gasteiger partial charge in [0, 0.05) is 53.1 Å². The molecular formula is C22H22ClN3. The summed E-state index contributed by atoms with van der Waals surface area (Å²) in [6.07, 6.45) is 4.93. The number of nitrogens with zero attached hydrogens (tertiary/aromatic N) is 3. The Balaban J connectivity index is 1.79. The Bertz CT molecular complexity index is 992. The fourth-order valence-electron chi connectivity index (χ4n) is 3.60. The van der Waals surface area contributed by atoms with Crippen molar-refractivity contribution in [2.45, 2.75) is 31.7 Å². The van der Waals surface area contributed by atoms with Gasteiger partial charge < -0.3 is 0 Å². The molecule has 4 heteroatoms. The zero-order chi connectivity index (χ0) is 18.1. The number of aromatic nitrogens is 2. The van der Waals surface area contributed by atoms with Gasteiger partial charge in [-0.05, 0) is 37.6 Å². The third-order valence-electron chi connectivity index (χ3n) is 4.99. The lowest BCUT2D eigenvalue weighted by Crippen LogP contribution is -2.29. The molecule has 1 aromatic carbocycles. The highest BCUT2D eigenvalue weighted by molar-refractivity contribution is 6.21. The van der Waals surface area contributed by atoms with E-state index in [9.17, 15) is 0 Å². The summed E-state index contributed by atoms with van der Waals surface area (Å²) < 4.78 is 2.12. The van der Waals surface area contributed by atoms with Crippen molar-refractivity contribution in [3.63, 3.8) is 0 Å². The van der Waals surface area contributed by atoms with E-state index in [-0.39, 0.29) is 5.50 Å². The van der Waals surface area contributed by atoms with Crippen LogP contribution in [0.3, 0.4) is 0 Å². The summed E-state index contributed by atoms with van der Waals surface area (Å²) >= 11 is 6.71. The molecule has 4 rings (SSSR count). The van der Waals surface area contributed by atoms with Crippen molar-refractivity contribution in [3.05, 3.63) is 65.1 Å². The zero-order valence-electron chi connectivity index (χ0n) is 15.2. The summed E-state index contributed by atoms with van der Waals surface area (Å²) in [4.78, 5) is 6.69. The molecule has 3 heterocycles. The number of pyridine rings is 1. The van der Waals surface area contributed by atoms with Gasteiger partial charge in [-0.15, -0.1) is 11.6 Å². The molecule has 26 heavy (non-hydrogen) atoms. The predicted octanol–water partition coefficient (Wildman–Crippen LogP) is 4.57. The highest BCUT2D eigenvalue weighted by Gasteiger charge is 2.28. The van der Waals surface area contributed by atoms with Crippen molar-refractivity contribution in [2.75, 3.05) is 13.6 Å². The second-order valence-corrected chi connectivity index (χ2v) is 7.22. The van der Waals surface area contributed by atoms with Crippen molar-refractivity contribution in [1.29, 1.82) is 0 Å². The van der Waals surface area contributed by atoms with Crippen LogP contribution in [-0.2, 0) is 12.8 Å². The average molecular weight is 364 g/mol. The highest BCUT2D eigenvalue weighted by atomic mass is 35.5. The second-order valence-electron chi connectivity index (χ2n) is 6.80. The summed E-state index contributed by atoms with van der Waals surface area (Å²) in [6, 6.07) is 15.9. The van der Waals surface area contributed by atoms with Crippen LogP contribution in [0.15, 0.2) is 42.6 Å². The number of halogens is 1. The largest absolute Gasteiger partial charge is 0.286 e. The molecule has 3 nitrogen and oxygen atoms in total. The smallest absolute Gasteiger partial charge is 0.113 e. The van der Waals surface area contributed by atoms with Crippen LogP contribution in [-0.4, -0.2) is 28.0 Å². The lowest BCUT2D eigenvalue weighted by atomic mass is 10.0. The van der Waals surface area contributed by atoms with E-state index < -0.39 is 0 Å². The van der Waals surface area contributed by atoms with Crippen LogP contribution >= 0.6 is 11.6 Å². The van der Waals surface area contributed by atoms with E-state index in [1.165, 1.54) is 16.6 Å². The topological polar surface area (TPSA) is 21.1 Å². The molecule has 1 aliphatic heterocycles. The number of fused-ring (bicyclic) bond motifs is 3. The van der Waals surface area contributed by atoms with Crippen LogP contribution in [0.25, 0.3) is 10.9 Å². The first-order valence-electron chi connectivity index (χ1n) is 9.12. The van der Waals surface area contributed by atoms with Crippen molar-refractivity contribution < 1.29 is 0 Å². The highest BCUT2D eigenvalue weighted by Crippen LogP contribution is 2.38. The standard InChI is InChI=1S/C22H22ClN3/c1-3-6-17-10-9-16(15-24-17)11-14-26-19-8-5-4-7-18(19)21-20(26)12-13-25(2)22(21)23/h4-5,7-10,15,22H,3,6,12-13H2,1-2H3. The summed E-state index contributed by atoms with van der Waals surface area (Å²) in [7, 11) is 2.07. The minimum absolute atomic E-state index is 0.110. The van der Waals surface area contributed by atoms with E-state index in [1.807, 2.05) is 6.20 Å². The summed E-state index contributed by atoms with van der Waals surface area (Å²) in [5.41, 5.74) is 5.50. The molecule has 0 saturated heterocycles. The maximum Gasteiger partial charge on any atom is 0.113 e. The molecule has 0 fully saturated rings. The molecule has 0 saturated carbocycles. The third-order valence-corrected chi connectivity index (χ3v) is 5.54. The second kappa shape index (κ2) is 7.15. The first-order valence-corrected chi connectivity index (χ1v) is 9.56. The minimum atomic E-state index is -0.110. The number of aryl methyl sites for hydroxylation is 1. The molecule has 0 bridgehead atoms. The van der Waals surface area contributed by atoms with Crippen molar-refractivity contribution >= 4 is 22.5 Å². The third kappa shape index (κ3) is 3.00. The van der Waals surface area contributed by atoms with E-state index in [4.69, 9.17) is 11.6 Å².